The summed E-state index contributed by atoms with van der Waals surface area (Å²) in [7, 11) is 1.86. The molecule has 1 saturated carbocycles. The average Bonchev–Trinajstić information content (AvgIpc) is 2.94. The molecule has 2 aromatic heterocycles. The van der Waals surface area contributed by atoms with Crippen molar-refractivity contribution < 1.29 is 0 Å². The van der Waals surface area contributed by atoms with Crippen LogP contribution in [0.15, 0.2) is 12.1 Å². The number of rotatable bonds is 3. The fraction of sp³-hybridized carbons (Fsp3) is 0.538. The zero-order valence-electron chi connectivity index (χ0n) is 10.7. The van der Waals surface area contributed by atoms with Crippen LogP contribution in [0, 0.1) is 0 Å². The van der Waals surface area contributed by atoms with Crippen molar-refractivity contribution in [3.63, 3.8) is 0 Å². The van der Waals surface area contributed by atoms with Crippen molar-refractivity contribution in [2.45, 2.75) is 37.6 Å². The van der Waals surface area contributed by atoms with E-state index in [2.05, 4.69) is 20.3 Å². The monoisotopic (exact) mass is 245 g/mol. The molecule has 1 aliphatic carbocycles. The van der Waals surface area contributed by atoms with E-state index < -0.39 is 0 Å². The molecule has 0 bridgehead atoms. The van der Waals surface area contributed by atoms with Gasteiger partial charge in [-0.2, -0.15) is 0 Å². The molecule has 0 aromatic carbocycles. The third-order valence-electron chi connectivity index (χ3n) is 3.77. The second-order valence-electron chi connectivity index (χ2n) is 5.25. The van der Waals surface area contributed by atoms with Gasteiger partial charge in [-0.25, -0.2) is 9.97 Å². The van der Waals surface area contributed by atoms with Crippen molar-refractivity contribution in [3.8, 4) is 0 Å². The molecular formula is C13H19N5. The lowest BCUT2D eigenvalue weighted by Gasteiger charge is -2.21. The van der Waals surface area contributed by atoms with E-state index in [9.17, 15) is 0 Å². The molecule has 0 amide bonds. The standard InChI is InChI=1S/C13H19N5/c1-15-10-5-4-9-12(17-10)18-11(16-9)8-13(14)6-2-3-7-13/h4-5H,2-3,6-8,14H2,1H3,(H2,15,16,17,18). The maximum absolute atomic E-state index is 6.38. The first-order valence-electron chi connectivity index (χ1n) is 6.51. The van der Waals surface area contributed by atoms with Crippen LogP contribution in [-0.4, -0.2) is 27.5 Å². The number of nitrogens with zero attached hydrogens (tertiary/aromatic N) is 2. The lowest BCUT2D eigenvalue weighted by Crippen LogP contribution is -2.39. The highest BCUT2D eigenvalue weighted by Gasteiger charge is 2.30. The summed E-state index contributed by atoms with van der Waals surface area (Å²) in [5, 5.41) is 3.02. The van der Waals surface area contributed by atoms with Gasteiger partial charge >= 0.3 is 0 Å². The highest BCUT2D eigenvalue weighted by atomic mass is 15.0. The number of imidazole rings is 1. The van der Waals surface area contributed by atoms with Crippen LogP contribution in [0.25, 0.3) is 11.2 Å². The fourth-order valence-electron chi connectivity index (χ4n) is 2.75. The summed E-state index contributed by atoms with van der Waals surface area (Å²) < 4.78 is 0. The van der Waals surface area contributed by atoms with Gasteiger partial charge < -0.3 is 16.0 Å². The summed E-state index contributed by atoms with van der Waals surface area (Å²) in [6.45, 7) is 0. The smallest absolute Gasteiger partial charge is 0.179 e. The predicted molar refractivity (Wildman–Crippen MR) is 72.5 cm³/mol. The second kappa shape index (κ2) is 4.24. The molecule has 18 heavy (non-hydrogen) atoms. The van der Waals surface area contributed by atoms with E-state index in [0.717, 1.165) is 42.1 Å². The minimum absolute atomic E-state index is 0.0697. The number of pyridine rings is 1. The summed E-state index contributed by atoms with van der Waals surface area (Å²) >= 11 is 0. The molecule has 0 saturated heterocycles. The molecule has 0 atom stereocenters. The third kappa shape index (κ3) is 2.06. The van der Waals surface area contributed by atoms with Crippen molar-refractivity contribution in [2.24, 2.45) is 5.73 Å². The zero-order chi connectivity index (χ0) is 12.6. The van der Waals surface area contributed by atoms with Crippen LogP contribution >= 0.6 is 0 Å². The predicted octanol–water partition coefficient (Wildman–Crippen LogP) is 1.81. The third-order valence-corrected chi connectivity index (χ3v) is 3.77. The largest absolute Gasteiger partial charge is 0.373 e. The van der Waals surface area contributed by atoms with Crippen molar-refractivity contribution in [3.05, 3.63) is 18.0 Å². The van der Waals surface area contributed by atoms with Gasteiger partial charge in [0.1, 0.15) is 11.6 Å². The Morgan fingerprint density at radius 3 is 2.83 bits per heavy atom. The summed E-state index contributed by atoms with van der Waals surface area (Å²) in [5.74, 6) is 1.79. The Balaban J connectivity index is 1.88. The fourth-order valence-corrected chi connectivity index (χ4v) is 2.75. The van der Waals surface area contributed by atoms with Crippen LogP contribution in [0.2, 0.25) is 0 Å². The summed E-state index contributed by atoms with van der Waals surface area (Å²) in [4.78, 5) is 12.3. The molecule has 0 radical (unpaired) electrons. The van der Waals surface area contributed by atoms with Crippen LogP contribution in [0.4, 0.5) is 5.82 Å². The molecule has 1 aliphatic rings. The Kier molecular flexibility index (Phi) is 2.70. The van der Waals surface area contributed by atoms with Crippen LogP contribution < -0.4 is 11.1 Å². The van der Waals surface area contributed by atoms with Gasteiger partial charge in [0.2, 0.25) is 0 Å². The molecule has 5 nitrogen and oxygen atoms in total. The highest BCUT2D eigenvalue weighted by molar-refractivity contribution is 5.72. The first-order chi connectivity index (χ1) is 8.68. The maximum atomic E-state index is 6.38. The molecular weight excluding hydrogens is 226 g/mol. The number of nitrogens with one attached hydrogen (secondary N) is 2. The van der Waals surface area contributed by atoms with Gasteiger partial charge in [-0.15, -0.1) is 0 Å². The van der Waals surface area contributed by atoms with Crippen molar-refractivity contribution >= 4 is 17.0 Å². The van der Waals surface area contributed by atoms with E-state index in [0.29, 0.717) is 0 Å². The van der Waals surface area contributed by atoms with Gasteiger partial charge in [0.25, 0.3) is 0 Å². The maximum Gasteiger partial charge on any atom is 0.179 e. The summed E-state index contributed by atoms with van der Waals surface area (Å²) in [6.07, 6.45) is 5.48. The molecule has 4 N–H and O–H groups in total. The van der Waals surface area contributed by atoms with E-state index in [4.69, 9.17) is 5.73 Å². The van der Waals surface area contributed by atoms with Crippen molar-refractivity contribution in [2.75, 3.05) is 12.4 Å². The van der Waals surface area contributed by atoms with Crippen molar-refractivity contribution in [1.82, 2.24) is 15.0 Å². The number of anilines is 1. The first kappa shape index (κ1) is 11.5. The van der Waals surface area contributed by atoms with Gasteiger partial charge in [0.05, 0.1) is 5.52 Å². The Labute approximate surface area is 106 Å². The van der Waals surface area contributed by atoms with Crippen LogP contribution in [0.3, 0.4) is 0 Å². The van der Waals surface area contributed by atoms with Crippen LogP contribution in [-0.2, 0) is 6.42 Å². The van der Waals surface area contributed by atoms with E-state index in [1.54, 1.807) is 0 Å². The van der Waals surface area contributed by atoms with Gasteiger partial charge in [-0.05, 0) is 25.0 Å². The second-order valence-corrected chi connectivity index (χ2v) is 5.25. The van der Waals surface area contributed by atoms with E-state index in [1.165, 1.54) is 12.8 Å². The van der Waals surface area contributed by atoms with E-state index in [-0.39, 0.29) is 5.54 Å². The Morgan fingerprint density at radius 2 is 2.11 bits per heavy atom. The van der Waals surface area contributed by atoms with Gasteiger partial charge in [-0.1, -0.05) is 12.8 Å². The van der Waals surface area contributed by atoms with E-state index >= 15 is 0 Å². The molecule has 3 rings (SSSR count). The number of fused-ring (bicyclic) bond motifs is 1. The summed E-state index contributed by atoms with van der Waals surface area (Å²) in [5.41, 5.74) is 8.05. The molecule has 1 fully saturated rings. The minimum atomic E-state index is -0.0697. The number of H-pyrrole nitrogens is 1. The summed E-state index contributed by atoms with van der Waals surface area (Å²) in [6, 6.07) is 3.95. The normalized spacial score (nSPS) is 18.3. The van der Waals surface area contributed by atoms with Gasteiger partial charge in [-0.3, -0.25) is 0 Å². The van der Waals surface area contributed by atoms with Crippen molar-refractivity contribution in [1.29, 1.82) is 0 Å². The first-order valence-corrected chi connectivity index (χ1v) is 6.51. The Morgan fingerprint density at radius 1 is 1.33 bits per heavy atom. The lowest BCUT2D eigenvalue weighted by atomic mass is 9.94. The lowest BCUT2D eigenvalue weighted by molar-refractivity contribution is 0.428. The number of hydrogen-bond acceptors (Lipinski definition) is 4. The molecule has 5 heteroatoms. The quantitative estimate of drug-likeness (QED) is 0.770. The Bertz CT molecular complexity index is 554. The van der Waals surface area contributed by atoms with Crippen LogP contribution in [0.1, 0.15) is 31.5 Å². The highest BCUT2D eigenvalue weighted by Crippen LogP contribution is 2.30. The van der Waals surface area contributed by atoms with E-state index in [1.807, 2.05) is 19.2 Å². The van der Waals surface area contributed by atoms with Gasteiger partial charge in [0.15, 0.2) is 5.65 Å². The van der Waals surface area contributed by atoms with Crippen LogP contribution in [0.5, 0.6) is 0 Å². The molecule has 0 unspecified atom stereocenters. The number of nitrogens with two attached hydrogens (primary N) is 1. The molecule has 96 valence electrons. The molecule has 0 aliphatic heterocycles. The number of aromatic nitrogens is 3. The zero-order valence-corrected chi connectivity index (χ0v) is 10.7. The molecule has 0 spiro atoms. The Hall–Kier alpha value is -1.62. The molecule has 2 heterocycles. The SMILES string of the molecule is CNc1ccc2[nH]c(CC3(N)CCCC3)nc2n1. The topological polar surface area (TPSA) is 79.6 Å². The average molecular weight is 245 g/mol. The van der Waals surface area contributed by atoms with Gasteiger partial charge in [0, 0.05) is 19.0 Å². The minimum Gasteiger partial charge on any atom is -0.373 e. The number of aromatic amines is 1. The molecule has 2 aromatic rings. The number of hydrogen-bond donors (Lipinski definition) is 3.